The number of hydrogen-bond acceptors (Lipinski definition) is 4. The molecule has 1 saturated carbocycles. The number of nitrogens with zero attached hydrogens (tertiary/aromatic N) is 2. The molecule has 0 N–H and O–H groups in total. The summed E-state index contributed by atoms with van der Waals surface area (Å²) in [6.45, 7) is 1.95. The van der Waals surface area contributed by atoms with Crippen LogP contribution < -0.4 is 0 Å². The Balaban J connectivity index is 2.60. The molecule has 3 atom stereocenters. The maximum absolute atomic E-state index is 10.1. The molecule has 0 spiro atoms. The van der Waals surface area contributed by atoms with E-state index < -0.39 is 0 Å². The van der Waals surface area contributed by atoms with Gasteiger partial charge in [0, 0.05) is 5.92 Å². The first kappa shape index (κ1) is 9.76. The highest BCUT2D eigenvalue weighted by molar-refractivity contribution is 5.33. The Bertz CT molecular complexity index is 253. The number of nitriles is 1. The Labute approximate surface area is 77.2 Å². The summed E-state index contributed by atoms with van der Waals surface area (Å²) in [5, 5.41) is 8.37. The van der Waals surface area contributed by atoms with Crippen molar-refractivity contribution in [3.8, 4) is 6.26 Å². The monoisotopic (exact) mass is 180 g/mol. The first-order valence-electron chi connectivity index (χ1n) is 4.41. The molecular weight excluding hydrogens is 168 g/mol. The van der Waals surface area contributed by atoms with Crippen molar-refractivity contribution in [2.24, 2.45) is 10.9 Å². The van der Waals surface area contributed by atoms with Gasteiger partial charge in [-0.05, 0) is 19.3 Å². The smallest absolute Gasteiger partial charge is 0.286 e. The van der Waals surface area contributed by atoms with Gasteiger partial charge in [-0.3, -0.25) is 0 Å². The lowest BCUT2D eigenvalue weighted by Gasteiger charge is -2.30. The average molecular weight is 180 g/mol. The highest BCUT2D eigenvalue weighted by Gasteiger charge is 2.31. The molecule has 0 amide bonds. The van der Waals surface area contributed by atoms with Crippen LogP contribution in [0.15, 0.2) is 4.99 Å². The van der Waals surface area contributed by atoms with E-state index >= 15 is 0 Å². The van der Waals surface area contributed by atoms with Crippen molar-refractivity contribution in [1.29, 1.82) is 5.26 Å². The third-order valence-electron chi connectivity index (χ3n) is 2.60. The first-order valence-corrected chi connectivity index (χ1v) is 4.41. The molecule has 1 aliphatic rings. The second kappa shape index (κ2) is 4.64. The van der Waals surface area contributed by atoms with Crippen LogP contribution in [0.1, 0.15) is 26.2 Å². The van der Waals surface area contributed by atoms with Gasteiger partial charge in [0.25, 0.3) is 6.26 Å². The highest BCUT2D eigenvalue weighted by Crippen LogP contribution is 2.28. The predicted octanol–water partition coefficient (Wildman–Crippen LogP) is 1.38. The van der Waals surface area contributed by atoms with Crippen LogP contribution in [0, 0.1) is 17.4 Å². The van der Waals surface area contributed by atoms with Gasteiger partial charge in [-0.25, -0.2) is 9.79 Å². The van der Waals surface area contributed by atoms with E-state index in [4.69, 9.17) is 10.00 Å². The molecule has 0 aliphatic heterocycles. The summed E-state index contributed by atoms with van der Waals surface area (Å²) in [7, 11) is 0. The van der Waals surface area contributed by atoms with Crippen molar-refractivity contribution in [3.05, 3.63) is 0 Å². The van der Waals surface area contributed by atoms with Crippen LogP contribution in [-0.2, 0) is 9.53 Å². The van der Waals surface area contributed by atoms with Crippen LogP contribution in [0.3, 0.4) is 0 Å². The van der Waals surface area contributed by atoms with Crippen LogP contribution in [0.2, 0.25) is 0 Å². The maximum Gasteiger partial charge on any atom is 0.286 e. The lowest BCUT2D eigenvalue weighted by Crippen LogP contribution is -2.34. The molecule has 0 aromatic heterocycles. The summed E-state index contributed by atoms with van der Waals surface area (Å²) in [4.78, 5) is 13.8. The van der Waals surface area contributed by atoms with Gasteiger partial charge in [0.2, 0.25) is 6.08 Å². The molecule has 13 heavy (non-hydrogen) atoms. The van der Waals surface area contributed by atoms with Crippen LogP contribution in [0.25, 0.3) is 0 Å². The summed E-state index contributed by atoms with van der Waals surface area (Å²) in [6.07, 6.45) is 5.89. The van der Waals surface area contributed by atoms with Crippen LogP contribution in [-0.4, -0.2) is 18.2 Å². The highest BCUT2D eigenvalue weighted by atomic mass is 16.5. The molecule has 1 fully saturated rings. The number of rotatable bonds is 2. The SMILES string of the molecule is CC1C(N=C=O)CCCC1OC#N. The van der Waals surface area contributed by atoms with Gasteiger partial charge in [0.1, 0.15) is 6.10 Å². The molecule has 1 aliphatic carbocycles. The Hall–Kier alpha value is -1.33. The molecule has 0 bridgehead atoms. The number of isocyanates is 1. The van der Waals surface area contributed by atoms with E-state index in [2.05, 4.69) is 4.99 Å². The molecule has 4 nitrogen and oxygen atoms in total. The zero-order valence-electron chi connectivity index (χ0n) is 7.56. The zero-order valence-corrected chi connectivity index (χ0v) is 7.56. The van der Waals surface area contributed by atoms with Gasteiger partial charge in [-0.15, -0.1) is 0 Å². The minimum Gasteiger partial charge on any atom is -0.424 e. The summed E-state index contributed by atoms with van der Waals surface area (Å²) < 4.78 is 4.89. The topological polar surface area (TPSA) is 62.4 Å². The zero-order chi connectivity index (χ0) is 9.68. The number of ether oxygens (including phenoxy) is 1. The molecule has 0 aromatic carbocycles. The Morgan fingerprint density at radius 3 is 2.92 bits per heavy atom. The molecule has 3 unspecified atom stereocenters. The standard InChI is InChI=1S/C9H12N2O2/c1-7-8(11-6-12)3-2-4-9(7)13-5-10/h7-9H,2-4H2,1H3. The molecule has 0 radical (unpaired) electrons. The van der Waals surface area contributed by atoms with E-state index in [9.17, 15) is 4.79 Å². The van der Waals surface area contributed by atoms with Gasteiger partial charge in [0.15, 0.2) is 0 Å². The minimum absolute atomic E-state index is 0.0235. The van der Waals surface area contributed by atoms with Crippen LogP contribution in [0.4, 0.5) is 0 Å². The molecule has 0 aromatic rings. The van der Waals surface area contributed by atoms with Crippen molar-refractivity contribution in [2.45, 2.75) is 38.3 Å². The molecular formula is C9H12N2O2. The second-order valence-corrected chi connectivity index (χ2v) is 3.33. The van der Waals surface area contributed by atoms with Gasteiger partial charge < -0.3 is 4.74 Å². The summed E-state index contributed by atoms with van der Waals surface area (Å²) >= 11 is 0. The lowest BCUT2D eigenvalue weighted by molar-refractivity contribution is 0.0619. The quantitative estimate of drug-likeness (QED) is 0.366. The minimum atomic E-state index is -0.0825. The Morgan fingerprint density at radius 2 is 2.31 bits per heavy atom. The second-order valence-electron chi connectivity index (χ2n) is 3.33. The number of hydrogen-bond donors (Lipinski definition) is 0. The van der Waals surface area contributed by atoms with Gasteiger partial charge in [0.05, 0.1) is 6.04 Å². The molecule has 0 heterocycles. The average Bonchev–Trinajstić information content (AvgIpc) is 2.13. The van der Waals surface area contributed by atoms with E-state index in [1.807, 2.05) is 6.92 Å². The number of carbonyl (C=O) groups excluding carboxylic acids is 1. The van der Waals surface area contributed by atoms with E-state index in [-0.39, 0.29) is 18.1 Å². The van der Waals surface area contributed by atoms with E-state index in [1.54, 1.807) is 12.3 Å². The fraction of sp³-hybridized carbons (Fsp3) is 0.778. The summed E-state index contributed by atoms with van der Waals surface area (Å²) in [5.41, 5.74) is 0. The molecule has 4 heteroatoms. The third kappa shape index (κ3) is 2.30. The van der Waals surface area contributed by atoms with E-state index in [0.717, 1.165) is 19.3 Å². The van der Waals surface area contributed by atoms with E-state index in [1.165, 1.54) is 0 Å². The summed E-state index contributed by atoms with van der Waals surface area (Å²) in [6, 6.07) is -0.0235. The Morgan fingerprint density at radius 1 is 1.54 bits per heavy atom. The summed E-state index contributed by atoms with van der Waals surface area (Å²) in [5.74, 6) is 0.134. The van der Waals surface area contributed by atoms with Gasteiger partial charge >= 0.3 is 0 Å². The van der Waals surface area contributed by atoms with E-state index in [0.29, 0.717) is 0 Å². The maximum atomic E-state index is 10.1. The van der Waals surface area contributed by atoms with Gasteiger partial charge in [-0.2, -0.15) is 5.26 Å². The first-order chi connectivity index (χ1) is 6.29. The normalized spacial score (nSPS) is 32.8. The largest absolute Gasteiger partial charge is 0.424 e. The van der Waals surface area contributed by atoms with Crippen LogP contribution >= 0.6 is 0 Å². The number of aliphatic imine (C=N–C) groups is 1. The van der Waals surface area contributed by atoms with Crippen LogP contribution in [0.5, 0.6) is 0 Å². The van der Waals surface area contributed by atoms with Crippen molar-refractivity contribution in [1.82, 2.24) is 0 Å². The fourth-order valence-corrected chi connectivity index (χ4v) is 1.79. The van der Waals surface area contributed by atoms with Crippen molar-refractivity contribution < 1.29 is 9.53 Å². The predicted molar refractivity (Wildman–Crippen MR) is 45.4 cm³/mol. The third-order valence-corrected chi connectivity index (χ3v) is 2.60. The fourth-order valence-electron chi connectivity index (χ4n) is 1.79. The molecule has 1 rings (SSSR count). The van der Waals surface area contributed by atoms with Crippen molar-refractivity contribution >= 4 is 6.08 Å². The molecule has 70 valence electrons. The molecule has 0 saturated heterocycles. The van der Waals surface area contributed by atoms with Crippen molar-refractivity contribution in [3.63, 3.8) is 0 Å². The Kier molecular flexibility index (Phi) is 3.48. The van der Waals surface area contributed by atoms with Crippen molar-refractivity contribution in [2.75, 3.05) is 0 Å². The van der Waals surface area contributed by atoms with Gasteiger partial charge in [-0.1, -0.05) is 6.92 Å². The lowest BCUT2D eigenvalue weighted by atomic mass is 9.84.